The highest BCUT2D eigenvalue weighted by Crippen LogP contribution is 2.27. The second-order valence-electron chi connectivity index (χ2n) is 5.13. The third-order valence-electron chi connectivity index (χ3n) is 3.82. The Labute approximate surface area is 124 Å². The minimum absolute atomic E-state index is 0.0273. The van der Waals surface area contributed by atoms with Crippen LogP contribution in [0.25, 0.3) is 0 Å². The second-order valence-corrected chi connectivity index (χ2v) is 5.13. The molecule has 114 valence electrons. The van der Waals surface area contributed by atoms with E-state index < -0.39 is 0 Å². The number of rotatable bonds is 3. The lowest BCUT2D eigenvalue weighted by Gasteiger charge is -2.32. The van der Waals surface area contributed by atoms with Crippen LogP contribution in [0.4, 0.5) is 5.69 Å². The SMILES string of the molecule is CNC(=O)C1CCCN(C(=O)c2c(N)cccc2OC)C1. The Hall–Kier alpha value is -2.24. The number of likely N-dealkylation sites (tertiary alicyclic amines) is 1. The molecule has 0 bridgehead atoms. The number of benzene rings is 1. The molecular formula is C15H21N3O3. The van der Waals surface area contributed by atoms with Gasteiger partial charge in [-0.25, -0.2) is 0 Å². The van der Waals surface area contributed by atoms with E-state index in [0.29, 0.717) is 30.1 Å². The predicted molar refractivity (Wildman–Crippen MR) is 80.1 cm³/mol. The molecule has 6 heteroatoms. The van der Waals surface area contributed by atoms with Crippen LogP contribution in [0.3, 0.4) is 0 Å². The number of nitrogens with zero attached hydrogens (tertiary/aromatic N) is 1. The summed E-state index contributed by atoms with van der Waals surface area (Å²) in [5.41, 5.74) is 6.68. The Morgan fingerprint density at radius 1 is 1.43 bits per heavy atom. The van der Waals surface area contributed by atoms with Gasteiger partial charge in [0.25, 0.3) is 5.91 Å². The molecule has 1 saturated heterocycles. The number of methoxy groups -OCH3 is 1. The van der Waals surface area contributed by atoms with Crippen LogP contribution in [0, 0.1) is 5.92 Å². The van der Waals surface area contributed by atoms with Crippen LogP contribution in [0.5, 0.6) is 5.75 Å². The first-order chi connectivity index (χ1) is 10.1. The third-order valence-corrected chi connectivity index (χ3v) is 3.82. The van der Waals surface area contributed by atoms with Gasteiger partial charge >= 0.3 is 0 Å². The minimum atomic E-state index is -0.182. The fourth-order valence-electron chi connectivity index (χ4n) is 2.68. The number of anilines is 1. The molecule has 1 aromatic rings. The van der Waals surface area contributed by atoms with Crippen molar-refractivity contribution >= 4 is 17.5 Å². The Morgan fingerprint density at radius 3 is 2.86 bits per heavy atom. The Bertz CT molecular complexity index is 545. The van der Waals surface area contributed by atoms with Crippen LogP contribution in [0.2, 0.25) is 0 Å². The molecule has 21 heavy (non-hydrogen) atoms. The number of nitrogens with one attached hydrogen (secondary N) is 1. The standard InChI is InChI=1S/C15H21N3O3/c1-17-14(19)10-5-4-8-18(9-10)15(20)13-11(16)6-3-7-12(13)21-2/h3,6-7,10H,4-5,8-9,16H2,1-2H3,(H,17,19). The van der Waals surface area contributed by atoms with Gasteiger partial charge in [0.2, 0.25) is 5.91 Å². The summed E-state index contributed by atoms with van der Waals surface area (Å²) < 4.78 is 5.23. The first kappa shape index (κ1) is 15.2. The van der Waals surface area contributed by atoms with E-state index in [1.807, 2.05) is 0 Å². The zero-order chi connectivity index (χ0) is 15.4. The molecular weight excluding hydrogens is 270 g/mol. The molecule has 1 aliphatic heterocycles. The Kier molecular flexibility index (Phi) is 4.67. The molecule has 1 fully saturated rings. The quantitative estimate of drug-likeness (QED) is 0.810. The van der Waals surface area contributed by atoms with Gasteiger partial charge in [0.05, 0.1) is 13.0 Å². The zero-order valence-electron chi connectivity index (χ0n) is 12.4. The van der Waals surface area contributed by atoms with Crippen molar-refractivity contribution in [1.82, 2.24) is 10.2 Å². The van der Waals surface area contributed by atoms with E-state index in [4.69, 9.17) is 10.5 Å². The van der Waals surface area contributed by atoms with Crippen molar-refractivity contribution in [3.05, 3.63) is 23.8 Å². The Morgan fingerprint density at radius 2 is 2.19 bits per heavy atom. The molecule has 1 aliphatic rings. The monoisotopic (exact) mass is 291 g/mol. The van der Waals surface area contributed by atoms with E-state index in [1.54, 1.807) is 30.1 Å². The van der Waals surface area contributed by atoms with Crippen molar-refractivity contribution in [1.29, 1.82) is 0 Å². The molecule has 1 atom stereocenters. The molecule has 2 amide bonds. The highest BCUT2D eigenvalue weighted by Gasteiger charge is 2.30. The maximum atomic E-state index is 12.7. The van der Waals surface area contributed by atoms with E-state index in [9.17, 15) is 9.59 Å². The third kappa shape index (κ3) is 3.09. The van der Waals surface area contributed by atoms with Crippen molar-refractivity contribution in [3.63, 3.8) is 0 Å². The number of amides is 2. The molecule has 3 N–H and O–H groups in total. The van der Waals surface area contributed by atoms with Crippen LogP contribution < -0.4 is 15.8 Å². The fraction of sp³-hybridized carbons (Fsp3) is 0.467. The number of carbonyl (C=O) groups excluding carboxylic acids is 2. The normalized spacial score (nSPS) is 18.2. The smallest absolute Gasteiger partial charge is 0.259 e. The van der Waals surface area contributed by atoms with Crippen molar-refractivity contribution in [2.75, 3.05) is 33.0 Å². The molecule has 2 rings (SSSR count). The summed E-state index contributed by atoms with van der Waals surface area (Å²) in [5.74, 6) is 0.0877. The summed E-state index contributed by atoms with van der Waals surface area (Å²) in [4.78, 5) is 26.1. The van der Waals surface area contributed by atoms with Gasteiger partial charge in [-0.3, -0.25) is 9.59 Å². The number of hydrogen-bond donors (Lipinski definition) is 2. The van der Waals surface area contributed by atoms with Gasteiger partial charge < -0.3 is 20.7 Å². The molecule has 0 aromatic heterocycles. The van der Waals surface area contributed by atoms with Crippen LogP contribution in [0.15, 0.2) is 18.2 Å². The molecule has 6 nitrogen and oxygen atoms in total. The van der Waals surface area contributed by atoms with Crippen LogP contribution in [-0.2, 0) is 4.79 Å². The maximum Gasteiger partial charge on any atom is 0.259 e. The van der Waals surface area contributed by atoms with Crippen LogP contribution in [-0.4, -0.2) is 44.0 Å². The number of ether oxygens (including phenoxy) is 1. The zero-order valence-corrected chi connectivity index (χ0v) is 12.4. The fourth-order valence-corrected chi connectivity index (χ4v) is 2.68. The van der Waals surface area contributed by atoms with Gasteiger partial charge in [-0.1, -0.05) is 6.07 Å². The maximum absolute atomic E-state index is 12.7. The van der Waals surface area contributed by atoms with E-state index in [0.717, 1.165) is 12.8 Å². The van der Waals surface area contributed by atoms with Gasteiger partial charge in [-0.2, -0.15) is 0 Å². The number of hydrogen-bond acceptors (Lipinski definition) is 4. The highest BCUT2D eigenvalue weighted by molar-refractivity contribution is 6.02. The summed E-state index contributed by atoms with van der Waals surface area (Å²) in [7, 11) is 3.12. The van der Waals surface area contributed by atoms with Crippen LogP contribution in [0.1, 0.15) is 23.2 Å². The first-order valence-electron chi connectivity index (χ1n) is 7.01. The topological polar surface area (TPSA) is 84.7 Å². The largest absolute Gasteiger partial charge is 0.496 e. The van der Waals surface area contributed by atoms with Crippen molar-refractivity contribution in [2.45, 2.75) is 12.8 Å². The van der Waals surface area contributed by atoms with Crippen molar-refractivity contribution < 1.29 is 14.3 Å². The lowest BCUT2D eigenvalue weighted by molar-refractivity contribution is -0.125. The van der Waals surface area contributed by atoms with E-state index >= 15 is 0 Å². The van der Waals surface area contributed by atoms with Gasteiger partial charge in [0.1, 0.15) is 11.3 Å². The van der Waals surface area contributed by atoms with Crippen molar-refractivity contribution in [3.8, 4) is 5.75 Å². The first-order valence-corrected chi connectivity index (χ1v) is 7.01. The molecule has 1 unspecified atom stereocenters. The number of carbonyl (C=O) groups is 2. The predicted octanol–water partition coefficient (Wildman–Crippen LogP) is 0.876. The highest BCUT2D eigenvalue weighted by atomic mass is 16.5. The summed E-state index contributed by atoms with van der Waals surface area (Å²) in [6.07, 6.45) is 1.60. The average molecular weight is 291 g/mol. The average Bonchev–Trinajstić information content (AvgIpc) is 2.53. The van der Waals surface area contributed by atoms with E-state index in [-0.39, 0.29) is 17.7 Å². The summed E-state index contributed by atoms with van der Waals surface area (Å²) in [5, 5.41) is 2.64. The summed E-state index contributed by atoms with van der Waals surface area (Å²) >= 11 is 0. The molecule has 0 radical (unpaired) electrons. The van der Waals surface area contributed by atoms with E-state index in [1.165, 1.54) is 7.11 Å². The number of nitrogen functional groups attached to an aromatic ring is 1. The van der Waals surface area contributed by atoms with Crippen molar-refractivity contribution in [2.24, 2.45) is 5.92 Å². The molecule has 0 spiro atoms. The van der Waals surface area contributed by atoms with Gasteiger partial charge in [-0.05, 0) is 25.0 Å². The summed E-state index contributed by atoms with van der Waals surface area (Å²) in [6, 6.07) is 5.13. The van der Waals surface area contributed by atoms with Gasteiger partial charge in [0.15, 0.2) is 0 Å². The van der Waals surface area contributed by atoms with E-state index in [2.05, 4.69) is 5.32 Å². The van der Waals surface area contributed by atoms with Gasteiger partial charge in [-0.15, -0.1) is 0 Å². The Balaban J connectivity index is 2.22. The van der Waals surface area contributed by atoms with Crippen LogP contribution >= 0.6 is 0 Å². The molecule has 0 aliphatic carbocycles. The summed E-state index contributed by atoms with van der Waals surface area (Å²) in [6.45, 7) is 1.04. The number of nitrogens with two attached hydrogens (primary N) is 1. The van der Waals surface area contributed by atoms with Gasteiger partial charge in [0, 0.05) is 25.8 Å². The lowest BCUT2D eigenvalue weighted by atomic mass is 9.96. The minimum Gasteiger partial charge on any atom is -0.496 e. The second kappa shape index (κ2) is 6.47. The molecule has 0 saturated carbocycles. The molecule has 1 heterocycles. The lowest BCUT2D eigenvalue weighted by Crippen LogP contribution is -2.45. The number of piperidine rings is 1. The molecule has 1 aromatic carbocycles.